The number of benzene rings is 1. The van der Waals surface area contributed by atoms with Crippen molar-refractivity contribution in [2.45, 2.75) is 58.9 Å². The van der Waals surface area contributed by atoms with E-state index in [9.17, 15) is 0 Å². The lowest BCUT2D eigenvalue weighted by Crippen LogP contribution is -2.33. The van der Waals surface area contributed by atoms with Crippen LogP contribution in [0.3, 0.4) is 0 Å². The van der Waals surface area contributed by atoms with Gasteiger partial charge in [-0.2, -0.15) is 0 Å². The third kappa shape index (κ3) is 4.80. The number of nitrogens with zero attached hydrogens (tertiary/aromatic N) is 1. The summed E-state index contributed by atoms with van der Waals surface area (Å²) in [4.78, 5) is 2.55. The molecule has 1 unspecified atom stereocenters. The first-order valence-corrected chi connectivity index (χ1v) is 7.11. The largest absolute Gasteiger partial charge is 0.369 e. The normalized spacial score (nSPS) is 12.4. The summed E-state index contributed by atoms with van der Waals surface area (Å²) in [7, 11) is 0. The SMILES string of the molecule is CCCCCCN(c1ccccc1)C(C)CC. The van der Waals surface area contributed by atoms with Crippen molar-refractivity contribution in [3.63, 3.8) is 0 Å². The predicted molar refractivity (Wildman–Crippen MR) is 77.7 cm³/mol. The van der Waals surface area contributed by atoms with Gasteiger partial charge in [0.25, 0.3) is 0 Å². The molecule has 1 heteroatoms. The van der Waals surface area contributed by atoms with Gasteiger partial charge in [-0.1, -0.05) is 51.3 Å². The Morgan fingerprint density at radius 1 is 1.00 bits per heavy atom. The lowest BCUT2D eigenvalue weighted by atomic mass is 10.1. The maximum Gasteiger partial charge on any atom is 0.0368 e. The average Bonchev–Trinajstić information content (AvgIpc) is 2.39. The standard InChI is InChI=1S/C16H27N/c1-4-6-7-11-14-17(15(3)5-2)16-12-9-8-10-13-16/h8-10,12-13,15H,4-7,11,14H2,1-3H3. The monoisotopic (exact) mass is 233 g/mol. The van der Waals surface area contributed by atoms with Gasteiger partial charge in [0.05, 0.1) is 0 Å². The number of hydrogen-bond donors (Lipinski definition) is 0. The number of rotatable bonds is 8. The van der Waals surface area contributed by atoms with Gasteiger partial charge in [0.1, 0.15) is 0 Å². The first-order chi connectivity index (χ1) is 8.29. The molecule has 1 aromatic carbocycles. The predicted octanol–water partition coefficient (Wildman–Crippen LogP) is 4.87. The minimum atomic E-state index is 0.638. The second-order valence-corrected chi connectivity index (χ2v) is 4.85. The third-order valence-electron chi connectivity index (χ3n) is 3.46. The van der Waals surface area contributed by atoms with Gasteiger partial charge in [-0.3, -0.25) is 0 Å². The Balaban J connectivity index is 2.55. The first-order valence-electron chi connectivity index (χ1n) is 7.11. The Labute approximate surface area is 107 Å². The number of unbranched alkanes of at least 4 members (excludes halogenated alkanes) is 3. The molecule has 0 amide bonds. The third-order valence-corrected chi connectivity index (χ3v) is 3.46. The maximum atomic E-state index is 2.55. The molecule has 1 nitrogen and oxygen atoms in total. The van der Waals surface area contributed by atoms with Crippen molar-refractivity contribution in [2.24, 2.45) is 0 Å². The van der Waals surface area contributed by atoms with Gasteiger partial charge in [0.15, 0.2) is 0 Å². The number of anilines is 1. The van der Waals surface area contributed by atoms with E-state index in [1.165, 1.54) is 44.3 Å². The van der Waals surface area contributed by atoms with Crippen LogP contribution in [0.25, 0.3) is 0 Å². The van der Waals surface area contributed by atoms with E-state index in [0.29, 0.717) is 6.04 Å². The van der Waals surface area contributed by atoms with Crippen LogP contribution in [0, 0.1) is 0 Å². The van der Waals surface area contributed by atoms with Crippen molar-refractivity contribution in [3.05, 3.63) is 30.3 Å². The van der Waals surface area contributed by atoms with Gasteiger partial charge in [-0.15, -0.1) is 0 Å². The van der Waals surface area contributed by atoms with Crippen molar-refractivity contribution in [1.82, 2.24) is 0 Å². The molecule has 0 aromatic heterocycles. The number of hydrogen-bond acceptors (Lipinski definition) is 1. The highest BCUT2D eigenvalue weighted by Gasteiger charge is 2.11. The molecule has 0 aliphatic carbocycles. The van der Waals surface area contributed by atoms with E-state index in [0.717, 1.165) is 0 Å². The fraction of sp³-hybridized carbons (Fsp3) is 0.625. The second-order valence-electron chi connectivity index (χ2n) is 4.85. The molecule has 0 bridgehead atoms. The molecule has 96 valence electrons. The first kappa shape index (κ1) is 14.1. The molecule has 0 spiro atoms. The van der Waals surface area contributed by atoms with Crippen molar-refractivity contribution in [1.29, 1.82) is 0 Å². The maximum absolute atomic E-state index is 2.55. The Morgan fingerprint density at radius 3 is 2.29 bits per heavy atom. The van der Waals surface area contributed by atoms with Crippen LogP contribution in [-0.2, 0) is 0 Å². The van der Waals surface area contributed by atoms with Gasteiger partial charge in [0, 0.05) is 18.3 Å². The van der Waals surface area contributed by atoms with Gasteiger partial charge in [-0.05, 0) is 31.9 Å². The Morgan fingerprint density at radius 2 is 1.71 bits per heavy atom. The minimum absolute atomic E-state index is 0.638. The zero-order valence-corrected chi connectivity index (χ0v) is 11.7. The lowest BCUT2D eigenvalue weighted by Gasteiger charge is -2.31. The molecular weight excluding hydrogens is 206 g/mol. The highest BCUT2D eigenvalue weighted by Crippen LogP contribution is 2.19. The molecule has 0 aliphatic heterocycles. The highest BCUT2D eigenvalue weighted by molar-refractivity contribution is 5.46. The zero-order chi connectivity index (χ0) is 12.5. The molecule has 1 rings (SSSR count). The van der Waals surface area contributed by atoms with Crippen LogP contribution in [0.1, 0.15) is 52.9 Å². The fourth-order valence-corrected chi connectivity index (χ4v) is 2.15. The molecule has 1 atom stereocenters. The van der Waals surface area contributed by atoms with Crippen molar-refractivity contribution in [2.75, 3.05) is 11.4 Å². The quantitative estimate of drug-likeness (QED) is 0.579. The average molecular weight is 233 g/mol. The van der Waals surface area contributed by atoms with Crippen LogP contribution in [0.2, 0.25) is 0 Å². The van der Waals surface area contributed by atoms with E-state index in [1.807, 2.05) is 0 Å². The Kier molecular flexibility index (Phi) is 6.76. The molecule has 0 N–H and O–H groups in total. The van der Waals surface area contributed by atoms with E-state index < -0.39 is 0 Å². The molecule has 0 radical (unpaired) electrons. The molecule has 0 saturated heterocycles. The summed E-state index contributed by atoms with van der Waals surface area (Å²) in [5.74, 6) is 0. The van der Waals surface area contributed by atoms with E-state index in [-0.39, 0.29) is 0 Å². The Hall–Kier alpha value is -0.980. The van der Waals surface area contributed by atoms with E-state index >= 15 is 0 Å². The van der Waals surface area contributed by atoms with Crippen LogP contribution in [0.4, 0.5) is 5.69 Å². The van der Waals surface area contributed by atoms with Crippen LogP contribution in [0.5, 0.6) is 0 Å². The zero-order valence-electron chi connectivity index (χ0n) is 11.7. The molecule has 0 heterocycles. The van der Waals surface area contributed by atoms with Gasteiger partial charge >= 0.3 is 0 Å². The smallest absolute Gasteiger partial charge is 0.0368 e. The second kappa shape index (κ2) is 8.16. The molecular formula is C16H27N. The summed E-state index contributed by atoms with van der Waals surface area (Å²) >= 11 is 0. The topological polar surface area (TPSA) is 3.24 Å². The summed E-state index contributed by atoms with van der Waals surface area (Å²) in [5, 5.41) is 0. The van der Waals surface area contributed by atoms with Crippen molar-refractivity contribution in [3.8, 4) is 0 Å². The molecule has 0 aliphatic rings. The summed E-state index contributed by atoms with van der Waals surface area (Å²) in [5.41, 5.74) is 1.37. The van der Waals surface area contributed by atoms with E-state index in [4.69, 9.17) is 0 Å². The van der Waals surface area contributed by atoms with E-state index in [1.54, 1.807) is 0 Å². The van der Waals surface area contributed by atoms with Crippen LogP contribution in [0.15, 0.2) is 30.3 Å². The van der Waals surface area contributed by atoms with Gasteiger partial charge < -0.3 is 4.90 Å². The minimum Gasteiger partial charge on any atom is -0.369 e. The van der Waals surface area contributed by atoms with Crippen LogP contribution >= 0.6 is 0 Å². The van der Waals surface area contributed by atoms with Crippen LogP contribution < -0.4 is 4.90 Å². The van der Waals surface area contributed by atoms with Crippen molar-refractivity contribution < 1.29 is 0 Å². The molecule has 0 fully saturated rings. The molecule has 17 heavy (non-hydrogen) atoms. The fourth-order valence-electron chi connectivity index (χ4n) is 2.15. The molecule has 0 saturated carbocycles. The van der Waals surface area contributed by atoms with Crippen LogP contribution in [-0.4, -0.2) is 12.6 Å². The summed E-state index contributed by atoms with van der Waals surface area (Å²) < 4.78 is 0. The lowest BCUT2D eigenvalue weighted by molar-refractivity contribution is 0.575. The van der Waals surface area contributed by atoms with Gasteiger partial charge in [-0.25, -0.2) is 0 Å². The highest BCUT2D eigenvalue weighted by atomic mass is 15.2. The summed E-state index contributed by atoms with van der Waals surface area (Å²) in [6.07, 6.45) is 6.56. The summed E-state index contributed by atoms with van der Waals surface area (Å²) in [6, 6.07) is 11.5. The Bertz CT molecular complexity index is 281. The number of para-hydroxylation sites is 1. The van der Waals surface area contributed by atoms with Crippen molar-refractivity contribution >= 4 is 5.69 Å². The molecule has 1 aromatic rings. The van der Waals surface area contributed by atoms with Gasteiger partial charge in [0.2, 0.25) is 0 Å². The van der Waals surface area contributed by atoms with E-state index in [2.05, 4.69) is 56.0 Å². The summed E-state index contributed by atoms with van der Waals surface area (Å²) in [6.45, 7) is 8.06.